The monoisotopic (exact) mass is 187 g/mol. The van der Waals surface area contributed by atoms with Crippen LogP contribution in [0, 0.1) is 5.92 Å². The van der Waals surface area contributed by atoms with Gasteiger partial charge in [-0.15, -0.1) is 0 Å². The van der Waals surface area contributed by atoms with Gasteiger partial charge in [-0.2, -0.15) is 0 Å². The van der Waals surface area contributed by atoms with Crippen LogP contribution < -0.4 is 5.32 Å². The van der Waals surface area contributed by atoms with E-state index in [4.69, 9.17) is 9.47 Å². The van der Waals surface area contributed by atoms with Crippen LogP contribution in [0.1, 0.15) is 13.3 Å². The lowest BCUT2D eigenvalue weighted by Gasteiger charge is -2.08. The van der Waals surface area contributed by atoms with Crippen molar-refractivity contribution in [1.82, 2.24) is 5.32 Å². The predicted molar refractivity (Wildman–Crippen MR) is 48.4 cm³/mol. The molecule has 1 saturated heterocycles. The number of esters is 1. The molecule has 0 amide bonds. The Balaban J connectivity index is 2.27. The first-order valence-corrected chi connectivity index (χ1v) is 4.66. The molecule has 1 fully saturated rings. The molecule has 0 bridgehead atoms. The van der Waals surface area contributed by atoms with Crippen LogP contribution in [0.5, 0.6) is 0 Å². The topological polar surface area (TPSA) is 47.6 Å². The molecule has 76 valence electrons. The van der Waals surface area contributed by atoms with E-state index in [9.17, 15) is 4.79 Å². The molecule has 1 rings (SSSR count). The van der Waals surface area contributed by atoms with Crippen molar-refractivity contribution in [1.29, 1.82) is 0 Å². The largest absolute Gasteiger partial charge is 0.465 e. The van der Waals surface area contributed by atoms with E-state index in [1.54, 1.807) is 7.11 Å². The third-order valence-electron chi connectivity index (χ3n) is 2.20. The fourth-order valence-corrected chi connectivity index (χ4v) is 1.59. The molecule has 0 aromatic rings. The SMILES string of the molecule is CCOC(=O)[C@@H]1C[C@H](COC)CN1. The maximum atomic E-state index is 11.3. The molecular formula is C9H17NO3. The van der Waals surface area contributed by atoms with Crippen molar-refractivity contribution in [3.05, 3.63) is 0 Å². The van der Waals surface area contributed by atoms with E-state index in [2.05, 4.69) is 5.32 Å². The van der Waals surface area contributed by atoms with Gasteiger partial charge in [0.15, 0.2) is 0 Å². The Morgan fingerprint density at radius 1 is 1.62 bits per heavy atom. The van der Waals surface area contributed by atoms with Crippen molar-refractivity contribution in [3.8, 4) is 0 Å². The zero-order chi connectivity index (χ0) is 9.68. The van der Waals surface area contributed by atoms with E-state index < -0.39 is 0 Å². The van der Waals surface area contributed by atoms with Crippen LogP contribution in [0.15, 0.2) is 0 Å². The number of methoxy groups -OCH3 is 1. The first-order chi connectivity index (χ1) is 6.27. The van der Waals surface area contributed by atoms with Gasteiger partial charge in [0.05, 0.1) is 13.2 Å². The number of carbonyl (C=O) groups is 1. The van der Waals surface area contributed by atoms with Gasteiger partial charge in [-0.3, -0.25) is 4.79 Å². The molecule has 0 spiro atoms. The Kier molecular flexibility index (Phi) is 4.18. The summed E-state index contributed by atoms with van der Waals surface area (Å²) in [7, 11) is 1.68. The van der Waals surface area contributed by atoms with Gasteiger partial charge in [0, 0.05) is 13.7 Å². The molecule has 1 aliphatic rings. The maximum absolute atomic E-state index is 11.3. The van der Waals surface area contributed by atoms with Crippen LogP contribution in [0.3, 0.4) is 0 Å². The van der Waals surface area contributed by atoms with Crippen LogP contribution in [0.25, 0.3) is 0 Å². The van der Waals surface area contributed by atoms with Crippen molar-refractivity contribution in [2.75, 3.05) is 26.9 Å². The minimum absolute atomic E-state index is 0.125. The van der Waals surface area contributed by atoms with Crippen molar-refractivity contribution in [2.45, 2.75) is 19.4 Å². The standard InChI is InChI=1S/C9H17NO3/c1-3-13-9(11)8-4-7(5-10-8)6-12-2/h7-8,10H,3-6H2,1-2H3/t7-,8-/m0/s1. The lowest BCUT2D eigenvalue weighted by molar-refractivity contribution is -0.145. The van der Waals surface area contributed by atoms with Gasteiger partial charge in [-0.1, -0.05) is 0 Å². The van der Waals surface area contributed by atoms with Crippen molar-refractivity contribution < 1.29 is 14.3 Å². The van der Waals surface area contributed by atoms with Crippen LogP contribution in [-0.4, -0.2) is 38.9 Å². The maximum Gasteiger partial charge on any atom is 0.323 e. The lowest BCUT2D eigenvalue weighted by Crippen LogP contribution is -2.32. The number of hydrogen-bond donors (Lipinski definition) is 1. The third-order valence-corrected chi connectivity index (χ3v) is 2.20. The molecule has 4 heteroatoms. The molecule has 0 saturated carbocycles. The number of nitrogens with one attached hydrogen (secondary N) is 1. The second kappa shape index (κ2) is 5.19. The third kappa shape index (κ3) is 2.97. The average molecular weight is 187 g/mol. The van der Waals surface area contributed by atoms with Crippen molar-refractivity contribution in [3.63, 3.8) is 0 Å². The van der Waals surface area contributed by atoms with E-state index in [1.807, 2.05) is 6.92 Å². The Labute approximate surface area is 78.6 Å². The molecule has 0 aromatic carbocycles. The molecule has 1 N–H and O–H groups in total. The van der Waals surface area contributed by atoms with Gasteiger partial charge >= 0.3 is 5.97 Å². The van der Waals surface area contributed by atoms with Gasteiger partial charge in [0.2, 0.25) is 0 Å². The van der Waals surface area contributed by atoms with Gasteiger partial charge in [0.1, 0.15) is 6.04 Å². The highest BCUT2D eigenvalue weighted by molar-refractivity contribution is 5.76. The Morgan fingerprint density at radius 2 is 2.38 bits per heavy atom. The van der Waals surface area contributed by atoms with Gasteiger partial charge in [-0.25, -0.2) is 0 Å². The summed E-state index contributed by atoms with van der Waals surface area (Å²) >= 11 is 0. The fourth-order valence-electron chi connectivity index (χ4n) is 1.59. The van der Waals surface area contributed by atoms with Gasteiger partial charge in [0.25, 0.3) is 0 Å². The number of ether oxygens (including phenoxy) is 2. The number of rotatable bonds is 4. The highest BCUT2D eigenvalue weighted by Gasteiger charge is 2.29. The quantitative estimate of drug-likeness (QED) is 0.637. The molecule has 0 radical (unpaired) electrons. The highest BCUT2D eigenvalue weighted by atomic mass is 16.5. The summed E-state index contributed by atoms with van der Waals surface area (Å²) in [6.45, 7) is 3.83. The molecule has 0 aromatic heterocycles. The minimum Gasteiger partial charge on any atom is -0.465 e. The second-order valence-electron chi connectivity index (χ2n) is 3.27. The van der Waals surface area contributed by atoms with Gasteiger partial charge in [-0.05, 0) is 19.3 Å². The summed E-state index contributed by atoms with van der Waals surface area (Å²) in [6.07, 6.45) is 0.826. The normalized spacial score (nSPS) is 27.5. The Morgan fingerprint density at radius 3 is 3.00 bits per heavy atom. The van der Waals surface area contributed by atoms with Crippen LogP contribution in [-0.2, 0) is 14.3 Å². The summed E-state index contributed by atoms with van der Waals surface area (Å²) in [4.78, 5) is 11.3. The molecular weight excluding hydrogens is 170 g/mol. The first kappa shape index (κ1) is 10.5. The lowest BCUT2D eigenvalue weighted by atomic mass is 10.1. The smallest absolute Gasteiger partial charge is 0.323 e. The van der Waals surface area contributed by atoms with E-state index >= 15 is 0 Å². The number of hydrogen-bond acceptors (Lipinski definition) is 4. The highest BCUT2D eigenvalue weighted by Crippen LogP contribution is 2.14. The summed E-state index contributed by atoms with van der Waals surface area (Å²) in [6, 6.07) is -0.125. The van der Waals surface area contributed by atoms with Crippen LogP contribution in [0.4, 0.5) is 0 Å². The number of carbonyl (C=O) groups excluding carboxylic acids is 1. The Bertz CT molecular complexity index is 172. The first-order valence-electron chi connectivity index (χ1n) is 4.66. The molecule has 1 aliphatic heterocycles. The summed E-state index contributed by atoms with van der Waals surface area (Å²) in [5.41, 5.74) is 0. The molecule has 1 heterocycles. The molecule has 13 heavy (non-hydrogen) atoms. The zero-order valence-electron chi connectivity index (χ0n) is 8.21. The molecule has 0 aliphatic carbocycles. The van der Waals surface area contributed by atoms with Crippen molar-refractivity contribution in [2.24, 2.45) is 5.92 Å². The minimum atomic E-state index is -0.138. The molecule has 2 atom stereocenters. The Hall–Kier alpha value is -0.610. The molecule has 0 unspecified atom stereocenters. The summed E-state index contributed by atoms with van der Waals surface area (Å²) in [5, 5.41) is 3.12. The van der Waals surface area contributed by atoms with E-state index in [0.717, 1.165) is 13.0 Å². The van der Waals surface area contributed by atoms with E-state index in [1.165, 1.54) is 0 Å². The van der Waals surface area contributed by atoms with E-state index in [-0.39, 0.29) is 12.0 Å². The van der Waals surface area contributed by atoms with Gasteiger partial charge < -0.3 is 14.8 Å². The van der Waals surface area contributed by atoms with Crippen LogP contribution >= 0.6 is 0 Å². The average Bonchev–Trinajstić information content (AvgIpc) is 2.54. The molecule has 4 nitrogen and oxygen atoms in total. The van der Waals surface area contributed by atoms with Crippen molar-refractivity contribution >= 4 is 5.97 Å². The fraction of sp³-hybridized carbons (Fsp3) is 0.889. The predicted octanol–water partition coefficient (Wildman–Crippen LogP) is 0.174. The van der Waals surface area contributed by atoms with Crippen LogP contribution in [0.2, 0.25) is 0 Å². The summed E-state index contributed by atoms with van der Waals surface area (Å²) in [5.74, 6) is 0.306. The summed E-state index contributed by atoms with van der Waals surface area (Å²) < 4.78 is 9.93. The van der Waals surface area contributed by atoms with E-state index in [0.29, 0.717) is 19.1 Å². The second-order valence-corrected chi connectivity index (χ2v) is 3.27. The zero-order valence-corrected chi connectivity index (χ0v) is 8.21.